The summed E-state index contributed by atoms with van der Waals surface area (Å²) in [6.07, 6.45) is 5.02. The maximum absolute atomic E-state index is 13.3. The number of carbonyl (C=O) groups is 1. The minimum Gasteiger partial charge on any atom is -0.497 e. The molecule has 0 fully saturated rings. The number of carbonyl (C=O) groups excluding carboxylic acids is 1. The lowest BCUT2D eigenvalue weighted by atomic mass is 10.2. The topological polar surface area (TPSA) is 94.8 Å². The number of ether oxygens (including phenoxy) is 2. The third kappa shape index (κ3) is 5.81. The number of rotatable bonds is 9. The van der Waals surface area contributed by atoms with Gasteiger partial charge in [-0.3, -0.25) is 14.2 Å². The Bertz CT molecular complexity index is 1480. The largest absolute Gasteiger partial charge is 0.497 e. The Hall–Kier alpha value is -4.37. The zero-order valence-electron chi connectivity index (χ0n) is 19.8. The third-order valence-electron chi connectivity index (χ3n) is 5.17. The van der Waals surface area contributed by atoms with Crippen LogP contribution in [0.4, 0.5) is 0 Å². The summed E-state index contributed by atoms with van der Waals surface area (Å²) in [4.78, 5) is 30.3. The lowest BCUT2D eigenvalue weighted by Gasteiger charge is -2.13. The molecule has 1 aromatic heterocycles. The fourth-order valence-corrected chi connectivity index (χ4v) is 4.24. The summed E-state index contributed by atoms with van der Waals surface area (Å²) in [7, 11) is 3.19. The number of benzene rings is 3. The van der Waals surface area contributed by atoms with E-state index in [1.54, 1.807) is 62.8 Å². The van der Waals surface area contributed by atoms with Gasteiger partial charge in [0, 0.05) is 11.8 Å². The second kappa shape index (κ2) is 11.9. The van der Waals surface area contributed by atoms with E-state index in [1.807, 2.05) is 36.4 Å². The fraction of sp³-hybridized carbons (Fsp3) is 0.111. The van der Waals surface area contributed by atoms with Crippen LogP contribution in [0.2, 0.25) is 0 Å². The van der Waals surface area contributed by atoms with E-state index < -0.39 is 0 Å². The van der Waals surface area contributed by atoms with E-state index in [4.69, 9.17) is 9.47 Å². The molecule has 0 aliphatic carbocycles. The van der Waals surface area contributed by atoms with Crippen LogP contribution in [0.1, 0.15) is 5.56 Å². The van der Waals surface area contributed by atoms with Crippen molar-refractivity contribution < 1.29 is 14.3 Å². The van der Waals surface area contributed by atoms with Gasteiger partial charge >= 0.3 is 0 Å². The number of nitrogens with zero attached hydrogens (tertiary/aromatic N) is 3. The van der Waals surface area contributed by atoms with E-state index in [1.165, 1.54) is 10.8 Å². The van der Waals surface area contributed by atoms with Gasteiger partial charge in [-0.25, -0.2) is 10.4 Å². The number of methoxy groups -OCH3 is 2. The summed E-state index contributed by atoms with van der Waals surface area (Å²) >= 11 is 1.15. The summed E-state index contributed by atoms with van der Waals surface area (Å²) in [6.45, 7) is 0. The first kappa shape index (κ1) is 24.7. The summed E-state index contributed by atoms with van der Waals surface area (Å²) in [5.74, 6) is 1.11. The second-order valence-electron chi connectivity index (χ2n) is 7.45. The number of fused-ring (bicyclic) bond motifs is 1. The van der Waals surface area contributed by atoms with Crippen molar-refractivity contribution >= 4 is 40.9 Å². The normalized spacial score (nSPS) is 11.3. The molecule has 0 atom stereocenters. The maximum Gasteiger partial charge on any atom is 0.266 e. The molecule has 0 saturated heterocycles. The molecule has 4 aromatic rings. The Labute approximate surface area is 212 Å². The zero-order chi connectivity index (χ0) is 25.3. The van der Waals surface area contributed by atoms with Gasteiger partial charge < -0.3 is 9.47 Å². The molecule has 3 aromatic carbocycles. The predicted octanol–water partition coefficient (Wildman–Crippen LogP) is 4.31. The minimum atomic E-state index is -0.328. The molecule has 4 rings (SSSR count). The highest BCUT2D eigenvalue weighted by molar-refractivity contribution is 7.99. The lowest BCUT2D eigenvalue weighted by Crippen LogP contribution is -2.24. The van der Waals surface area contributed by atoms with Gasteiger partial charge in [-0.15, -0.1) is 0 Å². The molecule has 1 N–H and O–H groups in total. The van der Waals surface area contributed by atoms with Crippen LogP contribution in [-0.4, -0.2) is 41.6 Å². The molecule has 0 unspecified atom stereocenters. The van der Waals surface area contributed by atoms with Crippen LogP contribution >= 0.6 is 11.8 Å². The molecule has 0 spiro atoms. The molecule has 0 radical (unpaired) electrons. The summed E-state index contributed by atoms with van der Waals surface area (Å²) in [5, 5.41) is 4.85. The zero-order valence-corrected chi connectivity index (χ0v) is 20.6. The first-order valence-corrected chi connectivity index (χ1v) is 12.0. The van der Waals surface area contributed by atoms with Crippen LogP contribution in [0.25, 0.3) is 22.7 Å². The highest BCUT2D eigenvalue weighted by Gasteiger charge is 2.15. The molecule has 36 heavy (non-hydrogen) atoms. The van der Waals surface area contributed by atoms with Gasteiger partial charge in [-0.2, -0.15) is 5.10 Å². The van der Waals surface area contributed by atoms with Gasteiger partial charge in [0.25, 0.3) is 11.5 Å². The summed E-state index contributed by atoms with van der Waals surface area (Å²) < 4.78 is 12.0. The van der Waals surface area contributed by atoms with Gasteiger partial charge in [0.15, 0.2) is 5.16 Å². The SMILES string of the molecule is COc1ccc(-n2c(SCC(=O)N/N=C\C=C\c3ccccc3OC)nc3ccccc3c2=O)cc1. The second-order valence-corrected chi connectivity index (χ2v) is 8.40. The van der Waals surface area contributed by atoms with Crippen molar-refractivity contribution in [3.05, 3.63) is 94.8 Å². The van der Waals surface area contributed by atoms with Crippen LogP contribution in [0, 0.1) is 0 Å². The minimum absolute atomic E-state index is 0.0223. The van der Waals surface area contributed by atoms with Gasteiger partial charge in [0.2, 0.25) is 0 Å². The van der Waals surface area contributed by atoms with Crippen molar-refractivity contribution in [2.75, 3.05) is 20.0 Å². The van der Waals surface area contributed by atoms with Crippen molar-refractivity contribution in [1.82, 2.24) is 15.0 Å². The smallest absolute Gasteiger partial charge is 0.266 e. The monoisotopic (exact) mass is 500 g/mol. The quantitative estimate of drug-likeness (QED) is 0.159. The molecule has 9 heteroatoms. The lowest BCUT2D eigenvalue weighted by molar-refractivity contribution is -0.118. The number of hydrogen-bond donors (Lipinski definition) is 1. The Morgan fingerprint density at radius 3 is 2.56 bits per heavy atom. The number of allylic oxidation sites excluding steroid dienone is 1. The molecular formula is C27H24N4O4S. The van der Waals surface area contributed by atoms with Gasteiger partial charge in [0.05, 0.1) is 36.6 Å². The van der Waals surface area contributed by atoms with E-state index in [0.717, 1.165) is 23.1 Å². The van der Waals surface area contributed by atoms with Crippen molar-refractivity contribution in [3.63, 3.8) is 0 Å². The molecule has 0 aliphatic heterocycles. The number of para-hydroxylation sites is 2. The van der Waals surface area contributed by atoms with E-state index >= 15 is 0 Å². The Balaban J connectivity index is 1.48. The number of thioether (sulfide) groups is 1. The molecule has 1 heterocycles. The number of amides is 1. The van der Waals surface area contributed by atoms with Crippen LogP contribution < -0.4 is 20.5 Å². The van der Waals surface area contributed by atoms with Crippen molar-refractivity contribution in [2.24, 2.45) is 5.10 Å². The molecule has 1 amide bonds. The van der Waals surface area contributed by atoms with E-state index in [9.17, 15) is 9.59 Å². The molecular weight excluding hydrogens is 476 g/mol. The van der Waals surface area contributed by atoms with E-state index in [2.05, 4.69) is 15.5 Å². The number of hydrazone groups is 1. The van der Waals surface area contributed by atoms with Gasteiger partial charge in [-0.1, -0.05) is 42.1 Å². The van der Waals surface area contributed by atoms with E-state index in [0.29, 0.717) is 27.5 Å². The first-order chi connectivity index (χ1) is 17.6. The van der Waals surface area contributed by atoms with Gasteiger partial charge in [0.1, 0.15) is 11.5 Å². The predicted molar refractivity (Wildman–Crippen MR) is 143 cm³/mol. The molecule has 0 saturated carbocycles. The van der Waals surface area contributed by atoms with E-state index in [-0.39, 0.29) is 17.2 Å². The number of aromatic nitrogens is 2. The summed E-state index contributed by atoms with van der Waals surface area (Å²) in [5.41, 5.74) is 4.36. The third-order valence-corrected chi connectivity index (χ3v) is 6.11. The molecule has 0 bridgehead atoms. The van der Waals surface area contributed by atoms with Gasteiger partial charge in [-0.05, 0) is 54.6 Å². The first-order valence-electron chi connectivity index (χ1n) is 11.0. The van der Waals surface area contributed by atoms with Crippen LogP contribution in [0.3, 0.4) is 0 Å². The Kier molecular flexibility index (Phi) is 8.15. The van der Waals surface area contributed by atoms with Crippen molar-refractivity contribution in [3.8, 4) is 17.2 Å². The van der Waals surface area contributed by atoms with Crippen molar-refractivity contribution in [1.29, 1.82) is 0 Å². The fourth-order valence-electron chi connectivity index (χ4n) is 3.43. The number of nitrogens with one attached hydrogen (secondary N) is 1. The molecule has 182 valence electrons. The van der Waals surface area contributed by atoms with Crippen LogP contribution in [0.15, 0.2) is 93.9 Å². The van der Waals surface area contributed by atoms with Crippen molar-refractivity contribution in [2.45, 2.75) is 5.16 Å². The Morgan fingerprint density at radius 1 is 1.03 bits per heavy atom. The summed E-state index contributed by atoms with van der Waals surface area (Å²) in [6, 6.07) is 21.8. The van der Waals surface area contributed by atoms with Crippen LogP contribution in [0.5, 0.6) is 11.5 Å². The highest BCUT2D eigenvalue weighted by Crippen LogP contribution is 2.23. The molecule has 8 nitrogen and oxygen atoms in total. The average molecular weight is 501 g/mol. The highest BCUT2D eigenvalue weighted by atomic mass is 32.2. The maximum atomic E-state index is 13.3. The van der Waals surface area contributed by atoms with Crippen LogP contribution in [-0.2, 0) is 4.79 Å². The molecule has 0 aliphatic rings. The number of hydrogen-bond acceptors (Lipinski definition) is 7. The standard InChI is InChI=1S/C27H24N4O4S/c1-34-21-15-13-20(14-16-21)31-26(33)22-10-4-5-11-23(22)29-27(31)36-18-25(32)30-28-17-7-9-19-8-3-6-12-24(19)35-2/h3-17H,18H2,1-2H3,(H,30,32)/b9-7+,28-17-. The average Bonchev–Trinajstić information content (AvgIpc) is 2.92. The Morgan fingerprint density at radius 2 is 1.78 bits per heavy atom.